The van der Waals surface area contributed by atoms with Crippen LogP contribution in [0.5, 0.6) is 5.75 Å². The summed E-state index contributed by atoms with van der Waals surface area (Å²) in [7, 11) is 1.44. The third kappa shape index (κ3) is 11.4. The molecule has 2 aliphatic rings. The Hall–Kier alpha value is -8.13. The fourth-order valence-corrected chi connectivity index (χ4v) is 11.8. The SMILES string of the molecule is C=CC(=O)N1CC(C)N(c2nc(=O)n(-c3c(C)ccnc3C(C)C)c3nc(-c4ccc(F)cc4OC)c(Cl)cc23)CC1C.C=CC(=O)N1CC(C)N(c2nc(=O)n(-c3c(Cl)ncnc3C(C)C)c3nc(-c4ccccc4C)c(Cl)cc23)CC1C. The second-order valence-corrected chi connectivity index (χ2v) is 23.0. The summed E-state index contributed by atoms with van der Waals surface area (Å²) < 4.78 is 22.4. The van der Waals surface area contributed by atoms with Crippen molar-refractivity contribution in [1.29, 1.82) is 0 Å². The predicted octanol–water partition coefficient (Wildman–Crippen LogP) is 11.3. The zero-order valence-electron chi connectivity index (χ0n) is 48.7. The molecule has 0 N–H and O–H groups in total. The van der Waals surface area contributed by atoms with Crippen molar-refractivity contribution in [1.82, 2.24) is 53.8 Å². The second kappa shape index (κ2) is 24.6. The van der Waals surface area contributed by atoms with E-state index in [2.05, 4.69) is 38.1 Å². The standard InChI is InChI=1S/C32H34ClFN6O3.C30H31Cl2N7O2/c1-8-26(41)38-15-20(6)39(16-19(38)5)30-23-14-24(33)28(22-10-9-21(34)13-25(22)43-7)36-31(23)40(32(42)37-30)29-18(4)11-12-35-27(29)17(2)3;1-7-23(40)37-13-19(6)38(14-18(37)5)28-21-12-22(31)25(20-11-9-8-10-17(20)4)35-29(21)39(30(41)36-28)26-24(16(2)3)33-15-34-27(26)32/h8-14,17,19-20H,1,15-16H2,2-7H3;7-12,15-16,18-19H,1,13-14H2,2-6H3. The van der Waals surface area contributed by atoms with Gasteiger partial charge in [-0.05, 0) is 107 Å². The van der Waals surface area contributed by atoms with Crippen LogP contribution in [0.3, 0.4) is 0 Å². The van der Waals surface area contributed by atoms with Crippen LogP contribution in [0.1, 0.15) is 89.7 Å². The number of benzene rings is 2. The van der Waals surface area contributed by atoms with E-state index in [1.54, 1.807) is 34.2 Å². The lowest BCUT2D eigenvalue weighted by Gasteiger charge is -2.44. The van der Waals surface area contributed by atoms with Gasteiger partial charge in [0.05, 0.1) is 56.4 Å². The average Bonchev–Trinajstić information content (AvgIpc) is 0.862. The van der Waals surface area contributed by atoms with Gasteiger partial charge in [-0.1, -0.05) is 99.9 Å². The number of halogens is 4. The Morgan fingerprint density at radius 2 is 1.13 bits per heavy atom. The highest BCUT2D eigenvalue weighted by Crippen LogP contribution is 2.41. The molecule has 4 atom stereocenters. The zero-order chi connectivity index (χ0) is 60.7. The van der Waals surface area contributed by atoms with Gasteiger partial charge in [0, 0.05) is 73.7 Å². The van der Waals surface area contributed by atoms with Crippen LogP contribution in [0.4, 0.5) is 16.0 Å². The number of ether oxygens (including phenoxy) is 1. The summed E-state index contributed by atoms with van der Waals surface area (Å²) >= 11 is 20.4. The number of carbonyl (C=O) groups excluding carboxylic acids is 2. The molecule has 8 aromatic rings. The van der Waals surface area contributed by atoms with Gasteiger partial charge in [0.15, 0.2) is 16.4 Å². The fourth-order valence-electron chi connectivity index (χ4n) is 11.1. The second-order valence-electron chi connectivity index (χ2n) is 21.8. The minimum absolute atomic E-state index is 0.00293. The molecule has 8 heterocycles. The Morgan fingerprint density at radius 1 is 0.631 bits per heavy atom. The molecule has 2 amide bonds. The van der Waals surface area contributed by atoms with Crippen molar-refractivity contribution in [2.24, 2.45) is 0 Å². The number of hydrogen-bond donors (Lipinski definition) is 0. The molecule has 2 aromatic carbocycles. The van der Waals surface area contributed by atoms with Crippen LogP contribution in [0.15, 0.2) is 108 Å². The number of carbonyl (C=O) groups is 2. The molecule has 0 saturated carbocycles. The van der Waals surface area contributed by atoms with Crippen LogP contribution in [0.25, 0.3) is 56.0 Å². The molecule has 2 saturated heterocycles. The van der Waals surface area contributed by atoms with E-state index >= 15 is 0 Å². The highest BCUT2D eigenvalue weighted by molar-refractivity contribution is 6.34. The van der Waals surface area contributed by atoms with E-state index in [1.807, 2.05) is 109 Å². The summed E-state index contributed by atoms with van der Waals surface area (Å²) in [5.74, 6) is 0.293. The number of nitrogens with zero attached hydrogens (tertiary/aromatic N) is 13. The predicted molar refractivity (Wildman–Crippen MR) is 330 cm³/mol. The van der Waals surface area contributed by atoms with Crippen molar-refractivity contribution in [3.05, 3.63) is 163 Å². The fraction of sp³-hybridized carbons (Fsp3) is 0.339. The first-order valence-electron chi connectivity index (χ1n) is 27.5. The first-order valence-corrected chi connectivity index (χ1v) is 28.7. The molecule has 84 heavy (non-hydrogen) atoms. The number of piperazine rings is 2. The quantitative estimate of drug-likeness (QED) is 0.0878. The molecular weight excluding hydrogens is 1130 g/mol. The summed E-state index contributed by atoms with van der Waals surface area (Å²) in [4.78, 5) is 93.1. The van der Waals surface area contributed by atoms with E-state index < -0.39 is 17.2 Å². The number of amides is 2. The Balaban J connectivity index is 0.000000202. The van der Waals surface area contributed by atoms with Crippen LogP contribution in [0, 0.1) is 19.7 Å². The monoisotopic (exact) mass is 1200 g/mol. The number of rotatable bonds is 11. The number of pyridine rings is 3. The Morgan fingerprint density at radius 3 is 1.63 bits per heavy atom. The van der Waals surface area contributed by atoms with Gasteiger partial charge in [-0.3, -0.25) is 14.6 Å². The molecule has 4 unspecified atom stereocenters. The first kappa shape index (κ1) is 60.5. The van der Waals surface area contributed by atoms with Crippen molar-refractivity contribution in [2.45, 2.75) is 105 Å². The highest BCUT2D eigenvalue weighted by Gasteiger charge is 2.36. The lowest BCUT2D eigenvalue weighted by atomic mass is 10.0. The van der Waals surface area contributed by atoms with Gasteiger partial charge in [-0.15, -0.1) is 0 Å². The molecule has 2 aliphatic heterocycles. The van der Waals surface area contributed by atoms with E-state index in [0.29, 0.717) is 105 Å². The maximum atomic E-state index is 14.1. The topological polar surface area (TPSA) is 191 Å². The molecule has 0 spiro atoms. The van der Waals surface area contributed by atoms with E-state index in [0.717, 1.165) is 16.7 Å². The van der Waals surface area contributed by atoms with Crippen molar-refractivity contribution < 1.29 is 18.7 Å². The van der Waals surface area contributed by atoms with E-state index in [9.17, 15) is 23.6 Å². The number of methoxy groups -OCH3 is 1. The van der Waals surface area contributed by atoms with E-state index in [-0.39, 0.29) is 63.7 Å². The van der Waals surface area contributed by atoms with Crippen LogP contribution in [0.2, 0.25) is 15.2 Å². The third-order valence-corrected chi connectivity index (χ3v) is 16.2. The van der Waals surface area contributed by atoms with Crippen molar-refractivity contribution in [3.8, 4) is 39.6 Å². The molecular formula is C62H65Cl3FN13O5. The molecule has 6 aromatic heterocycles. The maximum Gasteiger partial charge on any atom is 0.356 e. The van der Waals surface area contributed by atoms with Crippen LogP contribution in [-0.4, -0.2) is 123 Å². The van der Waals surface area contributed by atoms with Crippen molar-refractivity contribution >= 4 is 80.3 Å². The van der Waals surface area contributed by atoms with Crippen LogP contribution >= 0.6 is 34.8 Å². The van der Waals surface area contributed by atoms with Gasteiger partial charge in [0.25, 0.3) is 0 Å². The third-order valence-electron chi connectivity index (χ3n) is 15.4. The van der Waals surface area contributed by atoms with Gasteiger partial charge in [0.1, 0.15) is 35.2 Å². The first-order chi connectivity index (χ1) is 40.0. The zero-order valence-corrected chi connectivity index (χ0v) is 50.9. The number of fused-ring (bicyclic) bond motifs is 2. The summed E-state index contributed by atoms with van der Waals surface area (Å²) in [6.45, 7) is 28.7. The van der Waals surface area contributed by atoms with Gasteiger partial charge < -0.3 is 24.3 Å². The largest absolute Gasteiger partial charge is 0.496 e. The molecule has 0 aliphatic carbocycles. The number of aryl methyl sites for hydroxylation is 2. The van der Waals surface area contributed by atoms with Crippen molar-refractivity contribution in [2.75, 3.05) is 43.1 Å². The summed E-state index contributed by atoms with van der Waals surface area (Å²) in [5, 5.41) is 1.94. The average molecular weight is 1200 g/mol. The number of aromatic nitrogens is 9. The molecule has 0 bridgehead atoms. The van der Waals surface area contributed by atoms with E-state index in [1.165, 1.54) is 46.9 Å². The maximum absolute atomic E-state index is 14.1. The van der Waals surface area contributed by atoms with Gasteiger partial charge >= 0.3 is 11.4 Å². The van der Waals surface area contributed by atoms with Crippen molar-refractivity contribution in [3.63, 3.8) is 0 Å². The molecule has 2 fully saturated rings. The van der Waals surface area contributed by atoms with Crippen LogP contribution in [-0.2, 0) is 9.59 Å². The summed E-state index contributed by atoms with van der Waals surface area (Å²) in [6.07, 6.45) is 5.73. The molecule has 22 heteroatoms. The molecule has 18 nitrogen and oxygen atoms in total. The van der Waals surface area contributed by atoms with E-state index in [4.69, 9.17) is 49.5 Å². The molecule has 10 rings (SSSR count). The lowest BCUT2D eigenvalue weighted by Crippen LogP contribution is -2.58. The number of anilines is 2. The van der Waals surface area contributed by atoms with Gasteiger partial charge in [-0.25, -0.2) is 43.0 Å². The Bertz CT molecular complexity index is 4060. The van der Waals surface area contributed by atoms with Gasteiger partial charge in [0.2, 0.25) is 11.8 Å². The summed E-state index contributed by atoms with van der Waals surface area (Å²) in [5.41, 5.74) is 5.79. The lowest BCUT2D eigenvalue weighted by molar-refractivity contribution is -0.129. The summed E-state index contributed by atoms with van der Waals surface area (Å²) in [6, 6.07) is 16.6. The highest BCUT2D eigenvalue weighted by atomic mass is 35.5. The normalized spacial score (nSPS) is 17.2. The minimum Gasteiger partial charge on any atom is -0.496 e. The van der Waals surface area contributed by atoms with Gasteiger partial charge in [-0.2, -0.15) is 9.97 Å². The Kier molecular flexibility index (Phi) is 17.7. The number of hydrogen-bond acceptors (Lipinski definition) is 14. The molecule has 0 radical (unpaired) electrons. The minimum atomic E-state index is -0.568. The van der Waals surface area contributed by atoms with Crippen LogP contribution < -0.4 is 25.9 Å². The molecule has 436 valence electrons. The Labute approximate surface area is 501 Å². The smallest absolute Gasteiger partial charge is 0.356 e.